The number of benzene rings is 2. The number of amides is 1. The molecule has 13 nitrogen and oxygen atoms in total. The Labute approximate surface area is 248 Å². The molecule has 3 aromatic heterocycles. The van der Waals surface area contributed by atoms with Gasteiger partial charge in [-0.25, -0.2) is 27.0 Å². The van der Waals surface area contributed by atoms with E-state index in [1.54, 1.807) is 0 Å². The molecule has 0 unspecified atom stereocenters. The summed E-state index contributed by atoms with van der Waals surface area (Å²) in [4.78, 5) is 58.3. The number of hydrogen-bond donors (Lipinski definition) is 3. The fourth-order valence-corrected chi connectivity index (χ4v) is 5.50. The predicted molar refractivity (Wildman–Crippen MR) is 157 cm³/mol. The highest BCUT2D eigenvalue weighted by molar-refractivity contribution is 7.92. The predicted octanol–water partition coefficient (Wildman–Crippen LogP) is 1.84. The maximum Gasteiger partial charge on any atom is 0.335 e. The number of nitrogens with zero attached hydrogens (tertiary/aromatic N) is 4. The molecule has 5 rings (SSSR count). The summed E-state index contributed by atoms with van der Waals surface area (Å²) >= 11 is 0. The zero-order valence-corrected chi connectivity index (χ0v) is 23.7. The van der Waals surface area contributed by atoms with Crippen molar-refractivity contribution in [2.75, 3.05) is 4.72 Å². The summed E-state index contributed by atoms with van der Waals surface area (Å²) in [5, 5.41) is 12.3. The van der Waals surface area contributed by atoms with Crippen LogP contribution >= 0.6 is 0 Å². The fourth-order valence-electron chi connectivity index (χ4n) is 4.47. The number of carboxylic acid groups (broad SMARTS) is 1. The van der Waals surface area contributed by atoms with E-state index in [0.717, 1.165) is 16.7 Å². The molecule has 15 heteroatoms. The number of carbonyl (C=O) groups is 2. The lowest BCUT2D eigenvalue weighted by Gasteiger charge is -2.16. The Morgan fingerprint density at radius 3 is 2.32 bits per heavy atom. The van der Waals surface area contributed by atoms with Crippen LogP contribution in [0, 0.1) is 5.82 Å². The number of nitrogens with one attached hydrogen (secondary N) is 2. The van der Waals surface area contributed by atoms with Gasteiger partial charge in [-0.05, 0) is 54.1 Å². The normalized spacial score (nSPS) is 12.0. The minimum absolute atomic E-state index is 0.101. The van der Waals surface area contributed by atoms with Gasteiger partial charge in [-0.3, -0.25) is 28.8 Å². The van der Waals surface area contributed by atoms with Crippen molar-refractivity contribution in [3.05, 3.63) is 123 Å². The maximum absolute atomic E-state index is 14.8. The maximum atomic E-state index is 14.8. The van der Waals surface area contributed by atoms with Gasteiger partial charge in [0.25, 0.3) is 21.5 Å². The number of pyridine rings is 2. The SMILES string of the molecule is Cn1c(=O)n(-c2ccc(C[C@H](NC(=O)c3ccc(NS(=O)(=O)c4ccncc4)cc3F)C(=O)O)cc2)c(=O)c2ccncc21. The summed E-state index contributed by atoms with van der Waals surface area (Å²) in [7, 11) is -2.53. The van der Waals surface area contributed by atoms with E-state index in [-0.39, 0.29) is 28.1 Å². The van der Waals surface area contributed by atoms with Crippen molar-refractivity contribution in [1.29, 1.82) is 0 Å². The Kier molecular flexibility index (Phi) is 8.05. The van der Waals surface area contributed by atoms with Crippen molar-refractivity contribution in [3.63, 3.8) is 0 Å². The van der Waals surface area contributed by atoms with Gasteiger partial charge in [0.05, 0.1) is 38.9 Å². The molecule has 0 saturated heterocycles. The first-order chi connectivity index (χ1) is 21.0. The number of carbonyl (C=O) groups excluding carboxylic acids is 1. The van der Waals surface area contributed by atoms with E-state index < -0.39 is 50.6 Å². The monoisotopic (exact) mass is 618 g/mol. The molecule has 44 heavy (non-hydrogen) atoms. The summed E-state index contributed by atoms with van der Waals surface area (Å²) in [6.07, 6.45) is 5.21. The fraction of sp³-hybridized carbons (Fsp3) is 0.103. The highest BCUT2D eigenvalue weighted by Crippen LogP contribution is 2.19. The first-order valence-corrected chi connectivity index (χ1v) is 14.4. The molecule has 0 spiro atoms. The van der Waals surface area contributed by atoms with Crippen LogP contribution in [0.25, 0.3) is 16.6 Å². The third-order valence-electron chi connectivity index (χ3n) is 6.74. The van der Waals surface area contributed by atoms with Crippen LogP contribution in [0.5, 0.6) is 0 Å². The van der Waals surface area contributed by atoms with Crippen molar-refractivity contribution in [1.82, 2.24) is 24.4 Å². The number of aliphatic carboxylic acids is 1. The van der Waals surface area contributed by atoms with E-state index in [1.807, 2.05) is 0 Å². The molecular weight excluding hydrogens is 595 g/mol. The van der Waals surface area contributed by atoms with Crippen LogP contribution in [-0.2, 0) is 28.3 Å². The van der Waals surface area contributed by atoms with Gasteiger partial charge < -0.3 is 10.4 Å². The van der Waals surface area contributed by atoms with E-state index >= 15 is 0 Å². The van der Waals surface area contributed by atoms with E-state index in [2.05, 4.69) is 20.0 Å². The molecule has 3 heterocycles. The van der Waals surface area contributed by atoms with Gasteiger partial charge in [-0.15, -0.1) is 0 Å². The quantitative estimate of drug-likeness (QED) is 0.222. The number of aromatic nitrogens is 4. The highest BCUT2D eigenvalue weighted by Gasteiger charge is 2.24. The number of fused-ring (bicyclic) bond motifs is 1. The summed E-state index contributed by atoms with van der Waals surface area (Å²) in [6.45, 7) is 0. The Hall–Kier alpha value is -5.70. The summed E-state index contributed by atoms with van der Waals surface area (Å²) < 4.78 is 44.3. The average molecular weight is 619 g/mol. The summed E-state index contributed by atoms with van der Waals surface area (Å²) in [5.74, 6) is -3.50. The average Bonchev–Trinajstić information content (AvgIpc) is 3.00. The van der Waals surface area contributed by atoms with Crippen LogP contribution in [0.2, 0.25) is 0 Å². The number of anilines is 1. The van der Waals surface area contributed by atoms with Gasteiger partial charge in [-0.1, -0.05) is 12.1 Å². The van der Waals surface area contributed by atoms with Crippen LogP contribution in [0.4, 0.5) is 10.1 Å². The van der Waals surface area contributed by atoms with E-state index in [4.69, 9.17) is 0 Å². The number of hydrogen-bond acceptors (Lipinski definition) is 8. The highest BCUT2D eigenvalue weighted by atomic mass is 32.2. The Bertz CT molecular complexity index is 2130. The zero-order chi connectivity index (χ0) is 31.6. The van der Waals surface area contributed by atoms with Crippen molar-refractivity contribution < 1.29 is 27.5 Å². The van der Waals surface area contributed by atoms with Gasteiger partial charge >= 0.3 is 11.7 Å². The van der Waals surface area contributed by atoms with Gasteiger partial charge in [0.15, 0.2) is 0 Å². The van der Waals surface area contributed by atoms with E-state index in [1.165, 1.54) is 84.9 Å². The molecule has 224 valence electrons. The molecule has 0 aliphatic rings. The standard InChI is InChI=1S/C29H23FN6O7S/c1-35-25-16-32-13-10-22(25)27(38)36(29(35)41)19-5-2-17(3-6-19)14-24(28(39)40)33-26(37)21-7-4-18(15-23(21)30)34-44(42,43)20-8-11-31-12-9-20/h2-13,15-16,24,34H,14H2,1H3,(H,33,37)(H,39,40)/t24-/m0/s1. The number of carboxylic acids is 1. The zero-order valence-electron chi connectivity index (χ0n) is 22.8. The van der Waals surface area contributed by atoms with Crippen LogP contribution in [0.15, 0.2) is 99.9 Å². The summed E-state index contributed by atoms with van der Waals surface area (Å²) in [5.41, 5.74) is -0.742. The van der Waals surface area contributed by atoms with Gasteiger partial charge in [0, 0.05) is 32.1 Å². The molecule has 0 saturated carbocycles. The second-order valence-electron chi connectivity index (χ2n) is 9.59. The molecule has 1 atom stereocenters. The van der Waals surface area contributed by atoms with Gasteiger partial charge in [0.1, 0.15) is 11.9 Å². The summed E-state index contributed by atoms with van der Waals surface area (Å²) in [6, 6.07) is 11.5. The lowest BCUT2D eigenvalue weighted by Crippen LogP contribution is -2.42. The molecule has 3 N–H and O–H groups in total. The third-order valence-corrected chi connectivity index (χ3v) is 8.13. The lowest BCUT2D eigenvalue weighted by molar-refractivity contribution is -0.139. The van der Waals surface area contributed by atoms with Crippen molar-refractivity contribution in [3.8, 4) is 5.69 Å². The number of aryl methyl sites for hydroxylation is 1. The Balaban J connectivity index is 1.32. The lowest BCUT2D eigenvalue weighted by atomic mass is 10.0. The molecule has 0 radical (unpaired) electrons. The molecule has 0 aliphatic heterocycles. The Morgan fingerprint density at radius 1 is 0.977 bits per heavy atom. The minimum Gasteiger partial charge on any atom is -0.480 e. The van der Waals surface area contributed by atoms with Crippen molar-refractivity contribution in [2.45, 2.75) is 17.4 Å². The first kappa shape index (κ1) is 29.8. The van der Waals surface area contributed by atoms with E-state index in [9.17, 15) is 37.1 Å². The van der Waals surface area contributed by atoms with Crippen LogP contribution in [0.3, 0.4) is 0 Å². The third kappa shape index (κ3) is 5.94. The molecule has 0 bridgehead atoms. The molecule has 5 aromatic rings. The topological polar surface area (TPSA) is 182 Å². The van der Waals surface area contributed by atoms with Gasteiger partial charge in [-0.2, -0.15) is 0 Å². The molecule has 0 aliphatic carbocycles. The molecule has 2 aromatic carbocycles. The first-order valence-electron chi connectivity index (χ1n) is 12.9. The molecule has 0 fully saturated rings. The smallest absolute Gasteiger partial charge is 0.335 e. The Morgan fingerprint density at radius 2 is 1.66 bits per heavy atom. The largest absolute Gasteiger partial charge is 0.480 e. The molecule has 1 amide bonds. The van der Waals surface area contributed by atoms with Crippen LogP contribution < -0.4 is 21.3 Å². The second-order valence-corrected chi connectivity index (χ2v) is 11.3. The number of rotatable bonds is 9. The number of halogens is 1. The van der Waals surface area contributed by atoms with Crippen molar-refractivity contribution in [2.24, 2.45) is 7.05 Å². The van der Waals surface area contributed by atoms with Crippen molar-refractivity contribution >= 4 is 38.5 Å². The minimum atomic E-state index is -4.04. The second kappa shape index (κ2) is 11.9. The van der Waals surface area contributed by atoms with Crippen LogP contribution in [0.1, 0.15) is 15.9 Å². The van der Waals surface area contributed by atoms with Gasteiger partial charge in [0.2, 0.25) is 0 Å². The molecular formula is C29H23FN6O7S. The van der Waals surface area contributed by atoms with Crippen LogP contribution in [-0.4, -0.2) is 50.5 Å². The number of sulfonamides is 1. The van der Waals surface area contributed by atoms with E-state index in [0.29, 0.717) is 11.1 Å².